The van der Waals surface area contributed by atoms with E-state index in [1.54, 1.807) is 6.92 Å². The van der Waals surface area contributed by atoms with Crippen molar-refractivity contribution in [3.8, 4) is 0 Å². The highest BCUT2D eigenvalue weighted by Gasteiger charge is 2.29. The molecule has 8 heteroatoms. The average molecular weight is 363 g/mol. The van der Waals surface area contributed by atoms with Crippen molar-refractivity contribution < 1.29 is 18.8 Å². The van der Waals surface area contributed by atoms with Crippen molar-refractivity contribution in [1.29, 1.82) is 0 Å². The molecule has 1 amide bonds. The molecule has 1 N–H and O–H groups in total. The molecule has 3 rings (SSSR count). The Kier molecular flexibility index (Phi) is 5.50. The van der Waals surface area contributed by atoms with E-state index in [9.17, 15) is 9.59 Å². The predicted molar refractivity (Wildman–Crippen MR) is 94.0 cm³/mol. The molecule has 0 saturated heterocycles. The molecule has 7 nitrogen and oxygen atoms in total. The number of nitrogens with one attached hydrogen (secondary N) is 1. The average Bonchev–Trinajstić information content (AvgIpc) is 3.22. The van der Waals surface area contributed by atoms with E-state index in [1.165, 1.54) is 23.6 Å². The van der Waals surface area contributed by atoms with Crippen LogP contribution in [0.15, 0.2) is 16.8 Å². The largest absolute Gasteiger partial charge is 0.462 e. The second-order valence-electron chi connectivity index (χ2n) is 5.79. The van der Waals surface area contributed by atoms with Gasteiger partial charge in [0.15, 0.2) is 0 Å². The van der Waals surface area contributed by atoms with Gasteiger partial charge in [0.1, 0.15) is 5.00 Å². The topological polar surface area (TPSA) is 84.7 Å². The second-order valence-corrected chi connectivity index (χ2v) is 6.89. The number of nitrogens with zero attached hydrogens (tertiary/aromatic N) is 2. The van der Waals surface area contributed by atoms with Gasteiger partial charge in [-0.15, -0.1) is 11.3 Å². The summed E-state index contributed by atoms with van der Waals surface area (Å²) in [7, 11) is 0. The summed E-state index contributed by atoms with van der Waals surface area (Å²) >= 11 is 1.43. The molecule has 0 bridgehead atoms. The van der Waals surface area contributed by atoms with Crippen molar-refractivity contribution in [3.63, 3.8) is 0 Å². The third-order valence-corrected chi connectivity index (χ3v) is 5.18. The van der Waals surface area contributed by atoms with Gasteiger partial charge < -0.3 is 14.6 Å². The van der Waals surface area contributed by atoms with Crippen molar-refractivity contribution in [2.24, 2.45) is 0 Å². The molecule has 134 valence electrons. The number of anilines is 1. The fourth-order valence-corrected chi connectivity index (χ4v) is 4.24. The third kappa shape index (κ3) is 3.74. The minimum atomic E-state index is -0.424. The summed E-state index contributed by atoms with van der Waals surface area (Å²) in [6.45, 7) is 6.92. The summed E-state index contributed by atoms with van der Waals surface area (Å²) in [6, 6.07) is 1.48. The molecule has 1 aliphatic rings. The van der Waals surface area contributed by atoms with Crippen molar-refractivity contribution in [1.82, 2.24) is 10.1 Å². The van der Waals surface area contributed by atoms with Gasteiger partial charge in [-0.2, -0.15) is 0 Å². The van der Waals surface area contributed by atoms with Crippen LogP contribution in [0.1, 0.15) is 51.6 Å². The molecule has 0 radical (unpaired) electrons. The van der Waals surface area contributed by atoms with Crippen LogP contribution in [0.3, 0.4) is 0 Å². The van der Waals surface area contributed by atoms with Crippen LogP contribution in [0, 0.1) is 0 Å². The summed E-state index contributed by atoms with van der Waals surface area (Å²) in [5, 5.41) is 6.84. The van der Waals surface area contributed by atoms with E-state index in [0.29, 0.717) is 17.2 Å². The van der Waals surface area contributed by atoms with Crippen LogP contribution >= 0.6 is 11.3 Å². The number of hydrogen-bond donors (Lipinski definition) is 1. The van der Waals surface area contributed by atoms with Gasteiger partial charge in [0, 0.05) is 24.0 Å². The van der Waals surface area contributed by atoms with Crippen LogP contribution in [0.5, 0.6) is 0 Å². The van der Waals surface area contributed by atoms with Gasteiger partial charge in [-0.25, -0.2) is 4.79 Å². The zero-order valence-corrected chi connectivity index (χ0v) is 15.1. The van der Waals surface area contributed by atoms with E-state index in [0.717, 1.165) is 42.9 Å². The Morgan fingerprint density at radius 3 is 2.96 bits per heavy atom. The highest BCUT2D eigenvalue weighted by atomic mass is 32.1. The van der Waals surface area contributed by atoms with Crippen LogP contribution in [-0.2, 0) is 17.7 Å². The molecule has 1 aliphatic heterocycles. The number of fused-ring (bicyclic) bond motifs is 1. The van der Waals surface area contributed by atoms with Crippen LogP contribution in [-0.4, -0.2) is 41.6 Å². The summed E-state index contributed by atoms with van der Waals surface area (Å²) in [5.74, 6) is -0.710. The number of ether oxygens (including phenoxy) is 1. The molecule has 2 aromatic rings. The summed E-state index contributed by atoms with van der Waals surface area (Å²) in [5.41, 5.74) is 1.47. The molecule has 2 aromatic heterocycles. The third-order valence-electron chi connectivity index (χ3n) is 4.04. The maximum absolute atomic E-state index is 12.5. The van der Waals surface area contributed by atoms with Crippen LogP contribution < -0.4 is 5.32 Å². The van der Waals surface area contributed by atoms with Crippen molar-refractivity contribution in [2.75, 3.05) is 25.0 Å². The zero-order chi connectivity index (χ0) is 17.8. The molecule has 0 unspecified atom stereocenters. The Labute approximate surface area is 149 Å². The highest BCUT2D eigenvalue weighted by Crippen LogP contribution is 2.38. The first-order chi connectivity index (χ1) is 12.1. The maximum Gasteiger partial charge on any atom is 0.341 e. The molecular formula is C17H21N3O4S. The van der Waals surface area contributed by atoms with Crippen molar-refractivity contribution in [3.05, 3.63) is 34.0 Å². The summed E-state index contributed by atoms with van der Waals surface area (Å²) < 4.78 is 10.1. The number of aromatic nitrogens is 1. The molecule has 0 aliphatic carbocycles. The van der Waals surface area contributed by atoms with Gasteiger partial charge >= 0.3 is 5.97 Å². The Balaban J connectivity index is 1.91. The summed E-state index contributed by atoms with van der Waals surface area (Å²) in [4.78, 5) is 28.2. The van der Waals surface area contributed by atoms with Crippen molar-refractivity contribution >= 4 is 28.2 Å². The lowest BCUT2D eigenvalue weighted by Crippen LogP contribution is -2.30. The molecule has 0 atom stereocenters. The first-order valence-corrected chi connectivity index (χ1v) is 9.21. The molecular weight excluding hydrogens is 342 g/mol. The molecule has 0 saturated carbocycles. The van der Waals surface area contributed by atoms with Crippen LogP contribution in [0.4, 0.5) is 5.00 Å². The van der Waals surface area contributed by atoms with Gasteiger partial charge in [0.05, 0.1) is 18.4 Å². The van der Waals surface area contributed by atoms with E-state index >= 15 is 0 Å². The monoisotopic (exact) mass is 363 g/mol. The number of thiophene rings is 1. The first-order valence-electron chi connectivity index (χ1n) is 8.40. The lowest BCUT2D eigenvalue weighted by molar-refractivity contribution is 0.0526. The Morgan fingerprint density at radius 1 is 1.44 bits per heavy atom. The smallest absolute Gasteiger partial charge is 0.341 e. The Morgan fingerprint density at radius 2 is 2.28 bits per heavy atom. The van der Waals surface area contributed by atoms with Crippen LogP contribution in [0.2, 0.25) is 0 Å². The van der Waals surface area contributed by atoms with Gasteiger partial charge in [-0.05, 0) is 31.9 Å². The fourth-order valence-electron chi connectivity index (χ4n) is 2.97. The number of hydrogen-bond acceptors (Lipinski definition) is 7. The quantitative estimate of drug-likeness (QED) is 0.795. The molecule has 0 fully saturated rings. The minimum Gasteiger partial charge on any atom is -0.462 e. The van der Waals surface area contributed by atoms with E-state index < -0.39 is 11.9 Å². The zero-order valence-electron chi connectivity index (χ0n) is 14.3. The Hall–Kier alpha value is -2.19. The van der Waals surface area contributed by atoms with Gasteiger partial charge in [0.2, 0.25) is 5.76 Å². The number of rotatable bonds is 6. The highest BCUT2D eigenvalue weighted by molar-refractivity contribution is 7.17. The minimum absolute atomic E-state index is 0.105. The van der Waals surface area contributed by atoms with Crippen LogP contribution in [0.25, 0.3) is 0 Å². The molecule has 3 heterocycles. The maximum atomic E-state index is 12.5. The van der Waals surface area contributed by atoms with Gasteiger partial charge in [0.25, 0.3) is 5.91 Å². The van der Waals surface area contributed by atoms with E-state index in [4.69, 9.17) is 9.26 Å². The fraction of sp³-hybridized carbons (Fsp3) is 0.471. The van der Waals surface area contributed by atoms with E-state index in [-0.39, 0.29) is 5.76 Å². The first kappa shape index (κ1) is 17.6. The lowest BCUT2D eigenvalue weighted by atomic mass is 10.0. The Bertz CT molecular complexity index is 754. The number of esters is 1. The molecule has 25 heavy (non-hydrogen) atoms. The number of carbonyl (C=O) groups excluding carboxylic acids is 2. The second kappa shape index (κ2) is 7.79. The normalized spacial score (nSPS) is 14.2. The van der Waals surface area contributed by atoms with Gasteiger partial charge in [-0.1, -0.05) is 12.1 Å². The van der Waals surface area contributed by atoms with Gasteiger partial charge in [-0.3, -0.25) is 9.69 Å². The molecule has 0 aromatic carbocycles. The number of amides is 1. The van der Waals surface area contributed by atoms with E-state index in [1.807, 2.05) is 0 Å². The van der Waals surface area contributed by atoms with Crippen molar-refractivity contribution in [2.45, 2.75) is 33.2 Å². The molecule has 0 spiro atoms. The standard InChI is InChI=1S/C17H21N3O4S/c1-3-8-20-9-6-11-13(10-20)25-16(14(11)17(22)23-4-2)19-15(21)12-5-7-18-24-12/h5,7H,3-4,6,8-10H2,1-2H3,(H,19,21). The van der Waals surface area contributed by atoms with E-state index in [2.05, 4.69) is 22.3 Å². The lowest BCUT2D eigenvalue weighted by Gasteiger charge is -2.26. The summed E-state index contributed by atoms with van der Waals surface area (Å²) in [6.07, 6.45) is 3.27. The predicted octanol–water partition coefficient (Wildman–Crippen LogP) is 2.93. The SMILES string of the molecule is CCCN1CCc2c(sc(NC(=O)c3ccno3)c2C(=O)OCC)C1. The number of carbonyl (C=O) groups is 2.